The molecular formula is C14H18S3. The van der Waals surface area contributed by atoms with Gasteiger partial charge >= 0.3 is 0 Å². The van der Waals surface area contributed by atoms with Crippen LogP contribution >= 0.6 is 35.3 Å². The van der Waals surface area contributed by atoms with Crippen molar-refractivity contribution in [2.45, 2.75) is 22.5 Å². The fourth-order valence-electron chi connectivity index (χ4n) is 1.49. The van der Waals surface area contributed by atoms with Gasteiger partial charge in [0.25, 0.3) is 0 Å². The van der Waals surface area contributed by atoms with E-state index in [1.807, 2.05) is 17.8 Å². The molecule has 1 aromatic rings. The summed E-state index contributed by atoms with van der Waals surface area (Å²) in [6.07, 6.45) is 1.97. The molecule has 0 amide bonds. The van der Waals surface area contributed by atoms with E-state index in [0.29, 0.717) is 4.08 Å². The van der Waals surface area contributed by atoms with Crippen molar-refractivity contribution in [2.75, 3.05) is 11.5 Å². The van der Waals surface area contributed by atoms with Gasteiger partial charge in [-0.25, -0.2) is 0 Å². The fraction of sp³-hybridized carbons (Fsp3) is 0.429. The molecular weight excluding hydrogens is 264 g/mol. The largest absolute Gasteiger partial charge is 0.153 e. The van der Waals surface area contributed by atoms with Gasteiger partial charge in [0.2, 0.25) is 0 Å². The summed E-state index contributed by atoms with van der Waals surface area (Å²) in [7, 11) is 0. The van der Waals surface area contributed by atoms with Crippen LogP contribution in [0.4, 0.5) is 0 Å². The summed E-state index contributed by atoms with van der Waals surface area (Å²) in [6.45, 7) is 6.09. The Morgan fingerprint density at radius 1 is 1.41 bits per heavy atom. The van der Waals surface area contributed by atoms with Crippen LogP contribution in [0.3, 0.4) is 0 Å². The molecule has 3 heteroatoms. The average Bonchev–Trinajstić information content (AvgIpc) is 3.07. The van der Waals surface area contributed by atoms with E-state index < -0.39 is 0 Å². The molecule has 0 spiro atoms. The summed E-state index contributed by atoms with van der Waals surface area (Å²) in [5, 5.41) is 0. The second kappa shape index (κ2) is 6.26. The maximum atomic E-state index is 3.75. The van der Waals surface area contributed by atoms with E-state index in [2.05, 4.69) is 61.3 Å². The molecule has 0 radical (unpaired) electrons. The Morgan fingerprint density at radius 2 is 2.12 bits per heavy atom. The average molecular weight is 282 g/mol. The molecule has 0 saturated carbocycles. The van der Waals surface area contributed by atoms with Crippen LogP contribution in [0, 0.1) is 0 Å². The van der Waals surface area contributed by atoms with Crippen LogP contribution in [0.2, 0.25) is 0 Å². The molecule has 1 atom stereocenters. The monoisotopic (exact) mass is 282 g/mol. The number of benzene rings is 1. The molecule has 1 aliphatic heterocycles. The maximum Gasteiger partial charge on any atom is 0.0677 e. The molecule has 1 aromatic carbocycles. The molecule has 0 aliphatic carbocycles. The van der Waals surface area contributed by atoms with Crippen LogP contribution in [-0.4, -0.2) is 15.6 Å². The fourth-order valence-corrected chi connectivity index (χ4v) is 4.07. The van der Waals surface area contributed by atoms with Crippen LogP contribution in [0.15, 0.2) is 36.9 Å². The summed E-state index contributed by atoms with van der Waals surface area (Å²) in [6, 6.07) is 8.99. The van der Waals surface area contributed by atoms with Crippen LogP contribution in [0.25, 0.3) is 0 Å². The van der Waals surface area contributed by atoms with Crippen molar-refractivity contribution in [1.29, 1.82) is 0 Å². The molecule has 0 aromatic heterocycles. The van der Waals surface area contributed by atoms with Crippen molar-refractivity contribution in [3.63, 3.8) is 0 Å². The van der Waals surface area contributed by atoms with Crippen LogP contribution in [0.1, 0.15) is 18.1 Å². The SMILES string of the molecule is C=CCSCc1cccc(CSC2(C)CS2)c1. The minimum atomic E-state index is 0.508. The Labute approximate surface area is 117 Å². The van der Waals surface area contributed by atoms with Gasteiger partial charge in [-0.1, -0.05) is 30.3 Å². The van der Waals surface area contributed by atoms with Gasteiger partial charge in [-0.2, -0.15) is 11.8 Å². The van der Waals surface area contributed by atoms with Crippen molar-refractivity contribution in [1.82, 2.24) is 0 Å². The van der Waals surface area contributed by atoms with E-state index in [4.69, 9.17) is 0 Å². The van der Waals surface area contributed by atoms with E-state index in [0.717, 1.165) is 17.3 Å². The lowest BCUT2D eigenvalue weighted by atomic mass is 10.2. The topological polar surface area (TPSA) is 0 Å². The van der Waals surface area contributed by atoms with Crippen molar-refractivity contribution in [2.24, 2.45) is 0 Å². The highest BCUT2D eigenvalue weighted by molar-refractivity contribution is 8.24. The molecule has 1 fully saturated rings. The number of hydrogen-bond donors (Lipinski definition) is 0. The molecule has 17 heavy (non-hydrogen) atoms. The molecule has 1 unspecified atom stereocenters. The first-order valence-electron chi connectivity index (χ1n) is 5.76. The molecule has 0 bridgehead atoms. The Hall–Kier alpha value is 0.01000. The first kappa shape index (κ1) is 13.4. The van der Waals surface area contributed by atoms with E-state index in [9.17, 15) is 0 Å². The first-order chi connectivity index (χ1) is 8.22. The minimum absolute atomic E-state index is 0.508. The van der Waals surface area contributed by atoms with Gasteiger partial charge in [-0.3, -0.25) is 0 Å². The van der Waals surface area contributed by atoms with Crippen molar-refractivity contribution in [3.8, 4) is 0 Å². The lowest BCUT2D eigenvalue weighted by Gasteiger charge is -2.08. The van der Waals surface area contributed by atoms with Gasteiger partial charge < -0.3 is 0 Å². The van der Waals surface area contributed by atoms with E-state index >= 15 is 0 Å². The standard InChI is InChI=1S/C14H18S3/c1-3-7-15-9-12-5-4-6-13(8-12)10-16-14(2)11-17-14/h3-6,8H,1,7,9-11H2,2H3. The third kappa shape index (κ3) is 4.65. The highest BCUT2D eigenvalue weighted by atomic mass is 32.2. The highest BCUT2D eigenvalue weighted by Gasteiger charge is 2.38. The quantitative estimate of drug-likeness (QED) is 0.400. The molecule has 1 heterocycles. The van der Waals surface area contributed by atoms with E-state index in [1.165, 1.54) is 16.9 Å². The summed E-state index contributed by atoms with van der Waals surface area (Å²) in [5.74, 6) is 4.58. The van der Waals surface area contributed by atoms with Gasteiger partial charge in [0, 0.05) is 23.0 Å². The van der Waals surface area contributed by atoms with Gasteiger partial charge in [0.1, 0.15) is 0 Å². The Kier molecular flexibility index (Phi) is 4.95. The van der Waals surface area contributed by atoms with Crippen LogP contribution in [0.5, 0.6) is 0 Å². The predicted octanol–water partition coefficient (Wildman–Crippen LogP) is 4.80. The van der Waals surface area contributed by atoms with Crippen molar-refractivity contribution < 1.29 is 0 Å². The summed E-state index contributed by atoms with van der Waals surface area (Å²) >= 11 is 6.06. The highest BCUT2D eigenvalue weighted by Crippen LogP contribution is 2.54. The number of rotatable bonds is 7. The zero-order valence-corrected chi connectivity index (χ0v) is 12.6. The number of thioether (sulfide) groups is 3. The lowest BCUT2D eigenvalue weighted by molar-refractivity contribution is 1.15. The third-order valence-electron chi connectivity index (χ3n) is 2.59. The smallest absolute Gasteiger partial charge is 0.0677 e. The van der Waals surface area contributed by atoms with Gasteiger partial charge in [-0.15, -0.1) is 30.1 Å². The second-order valence-corrected chi connectivity index (χ2v) is 8.58. The van der Waals surface area contributed by atoms with Crippen molar-refractivity contribution in [3.05, 3.63) is 48.0 Å². The van der Waals surface area contributed by atoms with Crippen LogP contribution in [-0.2, 0) is 11.5 Å². The van der Waals surface area contributed by atoms with E-state index in [-0.39, 0.29) is 0 Å². The summed E-state index contributed by atoms with van der Waals surface area (Å²) < 4.78 is 0.508. The maximum absolute atomic E-state index is 3.75. The summed E-state index contributed by atoms with van der Waals surface area (Å²) in [4.78, 5) is 0. The van der Waals surface area contributed by atoms with E-state index in [1.54, 1.807) is 0 Å². The van der Waals surface area contributed by atoms with Gasteiger partial charge in [-0.05, 0) is 18.1 Å². The molecule has 1 aliphatic rings. The minimum Gasteiger partial charge on any atom is -0.153 e. The number of hydrogen-bond acceptors (Lipinski definition) is 3. The Morgan fingerprint density at radius 3 is 2.76 bits per heavy atom. The normalized spacial score (nSPS) is 22.4. The second-order valence-electron chi connectivity index (χ2n) is 4.33. The Bertz CT molecular complexity index is 383. The lowest BCUT2D eigenvalue weighted by Crippen LogP contribution is -1.95. The predicted molar refractivity (Wildman–Crippen MR) is 85.0 cm³/mol. The Balaban J connectivity index is 1.84. The molecule has 92 valence electrons. The molecule has 0 N–H and O–H groups in total. The third-order valence-corrected chi connectivity index (χ3v) is 6.85. The molecule has 1 saturated heterocycles. The first-order valence-corrected chi connectivity index (χ1v) is 8.89. The van der Waals surface area contributed by atoms with Gasteiger partial charge in [0.05, 0.1) is 4.08 Å². The molecule has 0 nitrogen and oxygen atoms in total. The zero-order chi connectivity index (χ0) is 12.1. The van der Waals surface area contributed by atoms with Crippen LogP contribution < -0.4 is 0 Å². The summed E-state index contributed by atoms with van der Waals surface area (Å²) in [5.41, 5.74) is 2.89. The van der Waals surface area contributed by atoms with Crippen molar-refractivity contribution >= 4 is 35.3 Å². The zero-order valence-electron chi connectivity index (χ0n) is 10.1. The molecule has 2 rings (SSSR count). The van der Waals surface area contributed by atoms with Gasteiger partial charge in [0.15, 0.2) is 0 Å².